The molecule has 0 aliphatic heterocycles. The lowest BCUT2D eigenvalue weighted by atomic mass is 9.98. The molecule has 1 nitrogen and oxygen atoms in total. The second-order valence-electron chi connectivity index (χ2n) is 3.54. The normalized spacial score (nSPS) is 19.2. The van der Waals surface area contributed by atoms with Gasteiger partial charge >= 0.3 is 0 Å². The third kappa shape index (κ3) is 1.69. The molecular weight excluding hydrogens is 214 g/mol. The minimum absolute atomic E-state index is 0.700. The van der Waals surface area contributed by atoms with Crippen molar-refractivity contribution >= 4 is 15.9 Å². The predicted molar refractivity (Wildman–Crippen MR) is 53.1 cm³/mol. The summed E-state index contributed by atoms with van der Waals surface area (Å²) in [6.07, 6.45) is 4.78. The first-order valence-electron chi connectivity index (χ1n) is 4.39. The first-order chi connectivity index (χ1) is 5.77. The molecule has 1 aromatic rings. The van der Waals surface area contributed by atoms with Crippen LogP contribution in [0.3, 0.4) is 0 Å². The molecule has 2 heteroatoms. The van der Waals surface area contributed by atoms with Crippen LogP contribution in [0.1, 0.15) is 31.2 Å². The summed E-state index contributed by atoms with van der Waals surface area (Å²) in [5, 5.41) is 0. The zero-order chi connectivity index (χ0) is 8.55. The van der Waals surface area contributed by atoms with E-state index in [1.165, 1.54) is 18.4 Å². The van der Waals surface area contributed by atoms with Crippen molar-refractivity contribution in [3.63, 3.8) is 0 Å². The Kier molecular flexibility index (Phi) is 2.18. The molecule has 1 aliphatic carbocycles. The van der Waals surface area contributed by atoms with Gasteiger partial charge in [0.2, 0.25) is 0 Å². The monoisotopic (exact) mass is 225 g/mol. The largest absolute Gasteiger partial charge is 0.249 e. The molecule has 1 fully saturated rings. The van der Waals surface area contributed by atoms with Crippen molar-refractivity contribution in [2.24, 2.45) is 5.92 Å². The van der Waals surface area contributed by atoms with Crippen molar-refractivity contribution in [3.05, 3.63) is 28.5 Å². The zero-order valence-electron chi connectivity index (χ0n) is 7.13. The zero-order valence-corrected chi connectivity index (χ0v) is 8.71. The standard InChI is InChI=1S/C10H12BrN/c1-7(8-2-3-8)9-4-5-10(11)12-6-9/h4-8H,2-3H2,1H3. The highest BCUT2D eigenvalue weighted by atomic mass is 79.9. The summed E-state index contributed by atoms with van der Waals surface area (Å²) in [5.74, 6) is 1.62. The molecule has 0 aromatic carbocycles. The van der Waals surface area contributed by atoms with Gasteiger partial charge in [0, 0.05) is 6.20 Å². The lowest BCUT2D eigenvalue weighted by Crippen LogP contribution is -1.95. The van der Waals surface area contributed by atoms with E-state index in [0.29, 0.717) is 5.92 Å². The van der Waals surface area contributed by atoms with Crippen LogP contribution in [0.2, 0.25) is 0 Å². The Morgan fingerprint density at radius 1 is 1.50 bits per heavy atom. The SMILES string of the molecule is CC(c1ccc(Br)nc1)C1CC1. The van der Waals surface area contributed by atoms with Gasteiger partial charge in [-0.15, -0.1) is 0 Å². The van der Waals surface area contributed by atoms with E-state index in [0.717, 1.165) is 10.5 Å². The second kappa shape index (κ2) is 3.17. The van der Waals surface area contributed by atoms with Gasteiger partial charge in [-0.1, -0.05) is 13.0 Å². The molecule has 2 rings (SSSR count). The van der Waals surface area contributed by atoms with E-state index in [1.54, 1.807) is 0 Å². The Hall–Kier alpha value is -0.370. The molecule has 1 heterocycles. The molecule has 0 saturated heterocycles. The number of nitrogens with zero attached hydrogens (tertiary/aromatic N) is 1. The van der Waals surface area contributed by atoms with Gasteiger partial charge < -0.3 is 0 Å². The number of halogens is 1. The summed E-state index contributed by atoms with van der Waals surface area (Å²) in [5.41, 5.74) is 1.38. The average Bonchev–Trinajstić information content (AvgIpc) is 2.87. The summed E-state index contributed by atoms with van der Waals surface area (Å²) in [4.78, 5) is 4.23. The van der Waals surface area contributed by atoms with Crippen LogP contribution >= 0.6 is 15.9 Å². The maximum atomic E-state index is 4.23. The van der Waals surface area contributed by atoms with Crippen molar-refractivity contribution in [1.29, 1.82) is 0 Å². The van der Waals surface area contributed by atoms with Gasteiger partial charge in [-0.3, -0.25) is 0 Å². The fourth-order valence-electron chi connectivity index (χ4n) is 1.52. The predicted octanol–water partition coefficient (Wildman–Crippen LogP) is 3.36. The third-order valence-corrected chi connectivity index (χ3v) is 3.07. The van der Waals surface area contributed by atoms with Crippen LogP contribution in [0.5, 0.6) is 0 Å². The number of hydrogen-bond acceptors (Lipinski definition) is 1. The maximum absolute atomic E-state index is 4.23. The average molecular weight is 226 g/mol. The number of rotatable bonds is 2. The molecule has 0 radical (unpaired) electrons. The van der Waals surface area contributed by atoms with Gasteiger partial charge in [-0.2, -0.15) is 0 Å². The van der Waals surface area contributed by atoms with Crippen LogP contribution < -0.4 is 0 Å². The molecular formula is C10H12BrN. The summed E-state index contributed by atoms with van der Waals surface area (Å²) in [6, 6.07) is 4.19. The first-order valence-corrected chi connectivity index (χ1v) is 5.18. The molecule has 1 aliphatic rings. The highest BCUT2D eigenvalue weighted by Crippen LogP contribution is 2.41. The van der Waals surface area contributed by atoms with Crippen LogP contribution in [0.15, 0.2) is 22.9 Å². The quantitative estimate of drug-likeness (QED) is 0.704. The highest BCUT2D eigenvalue weighted by molar-refractivity contribution is 9.10. The molecule has 0 N–H and O–H groups in total. The maximum Gasteiger partial charge on any atom is 0.106 e. The number of pyridine rings is 1. The lowest BCUT2D eigenvalue weighted by Gasteiger charge is -2.08. The van der Waals surface area contributed by atoms with Gasteiger partial charge in [0.05, 0.1) is 0 Å². The van der Waals surface area contributed by atoms with Gasteiger partial charge in [0.25, 0.3) is 0 Å². The van der Waals surface area contributed by atoms with Crippen molar-refractivity contribution in [3.8, 4) is 0 Å². The summed E-state index contributed by atoms with van der Waals surface area (Å²) < 4.78 is 0.925. The van der Waals surface area contributed by atoms with Crippen molar-refractivity contribution in [1.82, 2.24) is 4.98 Å². The Labute approximate surface area is 81.3 Å². The van der Waals surface area contributed by atoms with Gasteiger partial charge in [-0.05, 0) is 52.2 Å². The molecule has 64 valence electrons. The molecule has 1 unspecified atom stereocenters. The fraction of sp³-hybridized carbons (Fsp3) is 0.500. The Morgan fingerprint density at radius 2 is 2.25 bits per heavy atom. The summed E-state index contributed by atoms with van der Waals surface area (Å²) >= 11 is 3.34. The van der Waals surface area contributed by atoms with Gasteiger partial charge in [0.1, 0.15) is 4.60 Å². The van der Waals surface area contributed by atoms with Crippen LogP contribution in [-0.4, -0.2) is 4.98 Å². The smallest absolute Gasteiger partial charge is 0.106 e. The molecule has 0 bridgehead atoms. The van der Waals surface area contributed by atoms with Gasteiger partial charge in [-0.25, -0.2) is 4.98 Å². The van der Waals surface area contributed by atoms with E-state index in [1.807, 2.05) is 12.3 Å². The number of aromatic nitrogens is 1. The van der Waals surface area contributed by atoms with E-state index in [9.17, 15) is 0 Å². The molecule has 12 heavy (non-hydrogen) atoms. The Balaban J connectivity index is 2.16. The molecule has 0 spiro atoms. The van der Waals surface area contributed by atoms with E-state index >= 15 is 0 Å². The second-order valence-corrected chi connectivity index (χ2v) is 4.35. The van der Waals surface area contributed by atoms with E-state index in [-0.39, 0.29) is 0 Å². The molecule has 0 amide bonds. The Bertz CT molecular complexity index is 264. The van der Waals surface area contributed by atoms with Crippen LogP contribution in [0.4, 0.5) is 0 Å². The topological polar surface area (TPSA) is 12.9 Å². The first kappa shape index (κ1) is 8.24. The molecule has 1 aromatic heterocycles. The molecule has 1 saturated carbocycles. The Morgan fingerprint density at radius 3 is 2.75 bits per heavy atom. The minimum Gasteiger partial charge on any atom is -0.249 e. The van der Waals surface area contributed by atoms with Crippen LogP contribution in [-0.2, 0) is 0 Å². The van der Waals surface area contributed by atoms with Crippen molar-refractivity contribution in [2.75, 3.05) is 0 Å². The third-order valence-electron chi connectivity index (χ3n) is 2.61. The number of hydrogen-bond donors (Lipinski definition) is 0. The van der Waals surface area contributed by atoms with E-state index in [4.69, 9.17) is 0 Å². The van der Waals surface area contributed by atoms with Crippen molar-refractivity contribution < 1.29 is 0 Å². The highest BCUT2D eigenvalue weighted by Gasteiger charge is 2.28. The van der Waals surface area contributed by atoms with Crippen molar-refractivity contribution in [2.45, 2.75) is 25.7 Å². The van der Waals surface area contributed by atoms with E-state index < -0.39 is 0 Å². The van der Waals surface area contributed by atoms with Gasteiger partial charge in [0.15, 0.2) is 0 Å². The lowest BCUT2D eigenvalue weighted by molar-refractivity contribution is 0.661. The fourth-order valence-corrected chi connectivity index (χ4v) is 1.76. The van der Waals surface area contributed by atoms with Crippen LogP contribution in [0.25, 0.3) is 0 Å². The summed E-state index contributed by atoms with van der Waals surface area (Å²) in [6.45, 7) is 2.29. The summed E-state index contributed by atoms with van der Waals surface area (Å²) in [7, 11) is 0. The van der Waals surface area contributed by atoms with E-state index in [2.05, 4.69) is 33.9 Å². The van der Waals surface area contributed by atoms with Crippen LogP contribution in [0, 0.1) is 5.92 Å². The minimum atomic E-state index is 0.700. The molecule has 1 atom stereocenters.